The molecule has 1 amide bonds. The average Bonchev–Trinajstić information content (AvgIpc) is 2.80. The summed E-state index contributed by atoms with van der Waals surface area (Å²) in [6, 6.07) is 5.81. The van der Waals surface area contributed by atoms with Crippen LogP contribution in [0.2, 0.25) is 0 Å². The number of hydrogen-bond acceptors (Lipinski definition) is 4. The van der Waals surface area contributed by atoms with Gasteiger partial charge in [0.15, 0.2) is 11.5 Å². The molecule has 1 atom stereocenters. The van der Waals surface area contributed by atoms with Crippen LogP contribution in [0, 0.1) is 5.92 Å². The Balaban J connectivity index is 2.09. The third-order valence-electron chi connectivity index (χ3n) is 3.45. The van der Waals surface area contributed by atoms with Crippen LogP contribution in [0.25, 0.3) is 0 Å². The maximum atomic E-state index is 11.9. The molecule has 0 saturated carbocycles. The van der Waals surface area contributed by atoms with Gasteiger partial charge in [-0.15, -0.1) is 0 Å². The maximum absolute atomic E-state index is 11.9. The summed E-state index contributed by atoms with van der Waals surface area (Å²) in [6.07, 6.45) is 0.609. The van der Waals surface area contributed by atoms with Crippen molar-refractivity contribution < 1.29 is 14.3 Å². The van der Waals surface area contributed by atoms with Crippen molar-refractivity contribution in [3.63, 3.8) is 0 Å². The largest absolute Gasteiger partial charge is 0.493 e. The second-order valence-corrected chi connectivity index (χ2v) is 5.31. The molecule has 2 rings (SSSR count). The van der Waals surface area contributed by atoms with E-state index in [9.17, 15) is 4.79 Å². The van der Waals surface area contributed by atoms with Crippen molar-refractivity contribution in [2.75, 3.05) is 26.0 Å². The molecule has 0 spiro atoms. The van der Waals surface area contributed by atoms with Gasteiger partial charge in [-0.1, -0.05) is 6.07 Å². The summed E-state index contributed by atoms with van der Waals surface area (Å²) >= 11 is 4.28. The molecule has 4 nitrogen and oxygen atoms in total. The summed E-state index contributed by atoms with van der Waals surface area (Å²) in [4.78, 5) is 13.8. The predicted molar refractivity (Wildman–Crippen MR) is 81.5 cm³/mol. The Hall–Kier alpha value is -1.36. The highest BCUT2D eigenvalue weighted by molar-refractivity contribution is 7.80. The minimum absolute atomic E-state index is 0.206. The molecule has 0 bridgehead atoms. The van der Waals surface area contributed by atoms with E-state index in [1.807, 2.05) is 30.0 Å². The summed E-state index contributed by atoms with van der Waals surface area (Å²) in [7, 11) is 1.62. The van der Waals surface area contributed by atoms with Gasteiger partial charge in [0.2, 0.25) is 5.91 Å². The topological polar surface area (TPSA) is 38.8 Å². The Labute approximate surface area is 125 Å². The molecule has 1 aliphatic heterocycles. The number of amides is 1. The average molecular weight is 295 g/mol. The number of hydrogen-bond donors (Lipinski definition) is 1. The van der Waals surface area contributed by atoms with Gasteiger partial charge < -0.3 is 14.4 Å². The lowest BCUT2D eigenvalue weighted by Gasteiger charge is -2.18. The van der Waals surface area contributed by atoms with Crippen LogP contribution >= 0.6 is 12.6 Å². The van der Waals surface area contributed by atoms with Gasteiger partial charge in [-0.3, -0.25) is 4.79 Å². The molecule has 1 unspecified atom stereocenters. The number of nitrogens with zero attached hydrogens (tertiary/aromatic N) is 1. The van der Waals surface area contributed by atoms with Gasteiger partial charge in [0.1, 0.15) is 0 Å². The Morgan fingerprint density at radius 2 is 2.20 bits per heavy atom. The van der Waals surface area contributed by atoms with Gasteiger partial charge in [-0.2, -0.15) is 12.6 Å². The molecule has 1 aromatic carbocycles. The van der Waals surface area contributed by atoms with Crippen LogP contribution in [-0.2, 0) is 11.3 Å². The summed E-state index contributed by atoms with van der Waals surface area (Å²) in [5.41, 5.74) is 1.06. The number of carbonyl (C=O) groups excluding carboxylic acids is 1. The van der Waals surface area contributed by atoms with E-state index in [-0.39, 0.29) is 5.91 Å². The standard InChI is InChI=1S/C15H21NO3S/c1-3-19-14-6-11(4-5-13(14)18-2)8-16-9-12(10-20)7-15(16)17/h4-6,12,20H,3,7-10H2,1-2H3. The van der Waals surface area contributed by atoms with Crippen molar-refractivity contribution in [3.8, 4) is 11.5 Å². The summed E-state index contributed by atoms with van der Waals surface area (Å²) in [5, 5.41) is 0. The van der Waals surface area contributed by atoms with Crippen LogP contribution in [0.1, 0.15) is 18.9 Å². The van der Waals surface area contributed by atoms with Crippen LogP contribution < -0.4 is 9.47 Å². The van der Waals surface area contributed by atoms with Crippen LogP contribution in [0.15, 0.2) is 18.2 Å². The molecule has 0 radical (unpaired) electrons. The molecule has 0 N–H and O–H groups in total. The molecule has 110 valence electrons. The number of benzene rings is 1. The van der Waals surface area contributed by atoms with Gasteiger partial charge >= 0.3 is 0 Å². The van der Waals surface area contributed by atoms with Crippen LogP contribution in [0.4, 0.5) is 0 Å². The minimum Gasteiger partial charge on any atom is -0.493 e. The lowest BCUT2D eigenvalue weighted by Crippen LogP contribution is -2.24. The van der Waals surface area contributed by atoms with Crippen molar-refractivity contribution in [2.45, 2.75) is 19.9 Å². The molecule has 0 aliphatic carbocycles. The maximum Gasteiger partial charge on any atom is 0.223 e. The van der Waals surface area contributed by atoms with Gasteiger partial charge in [0.25, 0.3) is 0 Å². The third kappa shape index (κ3) is 3.39. The number of likely N-dealkylation sites (tertiary alicyclic amines) is 1. The van der Waals surface area contributed by atoms with E-state index < -0.39 is 0 Å². The predicted octanol–water partition coefficient (Wildman–Crippen LogP) is 2.37. The van der Waals surface area contributed by atoms with Crippen molar-refractivity contribution >= 4 is 18.5 Å². The Kier molecular flexibility index (Phi) is 5.17. The molecule has 20 heavy (non-hydrogen) atoms. The van der Waals surface area contributed by atoms with E-state index in [0.717, 1.165) is 29.4 Å². The van der Waals surface area contributed by atoms with E-state index in [1.165, 1.54) is 0 Å². The van der Waals surface area contributed by atoms with Crippen molar-refractivity contribution in [3.05, 3.63) is 23.8 Å². The Bertz CT molecular complexity index is 478. The normalized spacial score (nSPS) is 18.4. The SMILES string of the molecule is CCOc1cc(CN2CC(CS)CC2=O)ccc1OC. The quantitative estimate of drug-likeness (QED) is 0.819. The van der Waals surface area contributed by atoms with Crippen LogP contribution in [0.3, 0.4) is 0 Å². The van der Waals surface area contributed by atoms with Crippen molar-refractivity contribution in [1.82, 2.24) is 4.90 Å². The van der Waals surface area contributed by atoms with E-state index in [1.54, 1.807) is 7.11 Å². The fourth-order valence-corrected chi connectivity index (χ4v) is 2.68. The smallest absolute Gasteiger partial charge is 0.223 e. The van der Waals surface area contributed by atoms with Crippen LogP contribution in [0.5, 0.6) is 11.5 Å². The molecule has 5 heteroatoms. The number of carbonyl (C=O) groups is 1. The zero-order valence-corrected chi connectivity index (χ0v) is 12.9. The molecule has 1 fully saturated rings. The first-order chi connectivity index (χ1) is 9.67. The van der Waals surface area contributed by atoms with Crippen molar-refractivity contribution in [1.29, 1.82) is 0 Å². The van der Waals surface area contributed by atoms with E-state index in [2.05, 4.69) is 12.6 Å². The highest BCUT2D eigenvalue weighted by Gasteiger charge is 2.28. The van der Waals surface area contributed by atoms with Crippen LogP contribution in [-0.4, -0.2) is 36.8 Å². The summed E-state index contributed by atoms with van der Waals surface area (Å²) in [5.74, 6) is 2.78. The zero-order chi connectivity index (χ0) is 14.5. The molecular weight excluding hydrogens is 274 g/mol. The third-order valence-corrected chi connectivity index (χ3v) is 3.97. The van der Waals surface area contributed by atoms with Gasteiger partial charge in [-0.25, -0.2) is 0 Å². The first-order valence-electron chi connectivity index (χ1n) is 6.86. The molecule has 1 aromatic rings. The van der Waals surface area contributed by atoms with Gasteiger partial charge in [0, 0.05) is 19.5 Å². The summed E-state index contributed by atoms with van der Waals surface area (Å²) in [6.45, 7) is 3.93. The highest BCUT2D eigenvalue weighted by Crippen LogP contribution is 2.29. The Morgan fingerprint density at radius 3 is 2.80 bits per heavy atom. The van der Waals surface area contributed by atoms with E-state index in [0.29, 0.717) is 25.5 Å². The summed E-state index contributed by atoms with van der Waals surface area (Å²) < 4.78 is 10.8. The first kappa shape index (κ1) is 15.0. The second kappa shape index (κ2) is 6.88. The number of rotatable bonds is 6. The lowest BCUT2D eigenvalue weighted by molar-refractivity contribution is -0.128. The fourth-order valence-electron chi connectivity index (χ4n) is 2.44. The highest BCUT2D eigenvalue weighted by atomic mass is 32.1. The molecule has 1 saturated heterocycles. The lowest BCUT2D eigenvalue weighted by atomic mass is 10.1. The molecular formula is C15H21NO3S. The molecule has 1 aliphatic rings. The number of methoxy groups -OCH3 is 1. The molecule has 0 aromatic heterocycles. The molecule has 1 heterocycles. The zero-order valence-electron chi connectivity index (χ0n) is 12.0. The second-order valence-electron chi connectivity index (χ2n) is 4.95. The van der Waals surface area contributed by atoms with Gasteiger partial charge in [-0.05, 0) is 36.3 Å². The number of ether oxygens (including phenoxy) is 2. The number of thiol groups is 1. The van der Waals surface area contributed by atoms with E-state index in [4.69, 9.17) is 9.47 Å². The Morgan fingerprint density at radius 1 is 1.40 bits per heavy atom. The first-order valence-corrected chi connectivity index (χ1v) is 7.49. The van der Waals surface area contributed by atoms with Crippen molar-refractivity contribution in [2.24, 2.45) is 5.92 Å². The van der Waals surface area contributed by atoms with E-state index >= 15 is 0 Å². The van der Waals surface area contributed by atoms with Gasteiger partial charge in [0.05, 0.1) is 13.7 Å². The monoisotopic (exact) mass is 295 g/mol. The fraction of sp³-hybridized carbons (Fsp3) is 0.533. The minimum atomic E-state index is 0.206.